The molecule has 0 heterocycles. The van der Waals surface area contributed by atoms with Gasteiger partial charge in [0.15, 0.2) is 0 Å². The van der Waals surface area contributed by atoms with E-state index < -0.39 is 0 Å². The van der Waals surface area contributed by atoms with Crippen LogP contribution in [0.5, 0.6) is 0 Å². The van der Waals surface area contributed by atoms with Crippen molar-refractivity contribution in [3.8, 4) is 0 Å². The van der Waals surface area contributed by atoms with Crippen molar-refractivity contribution in [1.29, 1.82) is 0 Å². The van der Waals surface area contributed by atoms with Gasteiger partial charge in [0.25, 0.3) is 0 Å². The van der Waals surface area contributed by atoms with Crippen molar-refractivity contribution in [2.24, 2.45) is 17.1 Å². The maximum absolute atomic E-state index is 11.8. The normalized spacial score (nSPS) is 18.1. The summed E-state index contributed by atoms with van der Waals surface area (Å²) in [5.74, 6) is 0.863. The molecule has 1 fully saturated rings. The fraction of sp³-hybridized carbons (Fsp3) is 0.917. The SMILES string of the molecule is CC(C)(CCN)C(=O)NCC1CCCC1. The van der Waals surface area contributed by atoms with Crippen molar-refractivity contribution in [2.45, 2.75) is 46.0 Å². The first-order chi connectivity index (χ1) is 7.06. The smallest absolute Gasteiger partial charge is 0.225 e. The molecule has 0 radical (unpaired) electrons. The van der Waals surface area contributed by atoms with Crippen molar-refractivity contribution < 1.29 is 4.79 Å². The van der Waals surface area contributed by atoms with Gasteiger partial charge in [0.2, 0.25) is 5.91 Å². The summed E-state index contributed by atoms with van der Waals surface area (Å²) in [6, 6.07) is 0. The number of amides is 1. The van der Waals surface area contributed by atoms with Crippen LogP contribution in [0, 0.1) is 11.3 Å². The molecule has 0 bridgehead atoms. The zero-order valence-corrected chi connectivity index (χ0v) is 10.0. The number of hydrogen-bond donors (Lipinski definition) is 2. The van der Waals surface area contributed by atoms with Crippen LogP contribution in [-0.2, 0) is 4.79 Å². The van der Waals surface area contributed by atoms with Gasteiger partial charge in [-0.2, -0.15) is 0 Å². The Bertz CT molecular complexity index is 208. The van der Waals surface area contributed by atoms with E-state index >= 15 is 0 Å². The fourth-order valence-corrected chi connectivity index (χ4v) is 2.17. The molecule has 3 heteroatoms. The monoisotopic (exact) mass is 212 g/mol. The zero-order valence-electron chi connectivity index (χ0n) is 10.0. The summed E-state index contributed by atoms with van der Waals surface area (Å²) in [7, 11) is 0. The number of nitrogens with two attached hydrogens (primary N) is 1. The van der Waals surface area contributed by atoms with Crippen LogP contribution >= 0.6 is 0 Å². The van der Waals surface area contributed by atoms with Gasteiger partial charge in [0.05, 0.1) is 0 Å². The third kappa shape index (κ3) is 3.82. The van der Waals surface area contributed by atoms with Gasteiger partial charge in [-0.1, -0.05) is 26.7 Å². The van der Waals surface area contributed by atoms with Crippen LogP contribution in [-0.4, -0.2) is 19.0 Å². The molecule has 0 unspecified atom stereocenters. The molecule has 1 saturated carbocycles. The van der Waals surface area contributed by atoms with Crippen LogP contribution in [0.15, 0.2) is 0 Å². The molecule has 1 amide bonds. The van der Waals surface area contributed by atoms with E-state index in [0.29, 0.717) is 12.5 Å². The summed E-state index contributed by atoms with van der Waals surface area (Å²) >= 11 is 0. The Morgan fingerprint density at radius 1 is 1.40 bits per heavy atom. The molecule has 1 aliphatic rings. The van der Waals surface area contributed by atoms with E-state index in [1.54, 1.807) is 0 Å². The minimum Gasteiger partial charge on any atom is -0.355 e. The minimum absolute atomic E-state index is 0.153. The zero-order chi connectivity index (χ0) is 11.3. The maximum atomic E-state index is 11.8. The molecule has 88 valence electrons. The van der Waals surface area contributed by atoms with Gasteiger partial charge in [-0.05, 0) is 31.7 Å². The molecular weight excluding hydrogens is 188 g/mol. The van der Waals surface area contributed by atoms with Gasteiger partial charge >= 0.3 is 0 Å². The number of hydrogen-bond acceptors (Lipinski definition) is 2. The lowest BCUT2D eigenvalue weighted by Gasteiger charge is -2.23. The summed E-state index contributed by atoms with van der Waals surface area (Å²) in [5, 5.41) is 3.06. The van der Waals surface area contributed by atoms with Crippen LogP contribution in [0.4, 0.5) is 0 Å². The molecular formula is C12H24N2O. The molecule has 0 atom stereocenters. The van der Waals surface area contributed by atoms with Crippen LogP contribution < -0.4 is 11.1 Å². The summed E-state index contributed by atoms with van der Waals surface area (Å²) in [5.41, 5.74) is 5.18. The van der Waals surface area contributed by atoms with Gasteiger partial charge in [-0.15, -0.1) is 0 Å². The quantitative estimate of drug-likeness (QED) is 0.728. The number of carbonyl (C=O) groups is 1. The molecule has 0 aromatic rings. The molecule has 0 aliphatic heterocycles. The average Bonchev–Trinajstić information content (AvgIpc) is 2.66. The van der Waals surface area contributed by atoms with Gasteiger partial charge in [0, 0.05) is 12.0 Å². The molecule has 3 nitrogen and oxygen atoms in total. The van der Waals surface area contributed by atoms with E-state index in [-0.39, 0.29) is 11.3 Å². The second-order valence-corrected chi connectivity index (χ2v) is 5.28. The summed E-state index contributed by atoms with van der Waals surface area (Å²) in [4.78, 5) is 11.8. The standard InChI is InChI=1S/C12H24N2O/c1-12(2,7-8-13)11(15)14-9-10-5-3-4-6-10/h10H,3-9,13H2,1-2H3,(H,14,15). The third-order valence-electron chi connectivity index (χ3n) is 3.41. The van der Waals surface area contributed by atoms with Crippen LogP contribution in [0.25, 0.3) is 0 Å². The summed E-state index contributed by atoms with van der Waals surface area (Å²) in [6.45, 7) is 5.35. The van der Waals surface area contributed by atoms with Crippen LogP contribution in [0.3, 0.4) is 0 Å². The van der Waals surface area contributed by atoms with Crippen molar-refractivity contribution >= 4 is 5.91 Å². The second-order valence-electron chi connectivity index (χ2n) is 5.28. The Hall–Kier alpha value is -0.570. The highest BCUT2D eigenvalue weighted by molar-refractivity contribution is 5.81. The number of rotatable bonds is 5. The fourth-order valence-electron chi connectivity index (χ4n) is 2.17. The van der Waals surface area contributed by atoms with E-state index in [0.717, 1.165) is 13.0 Å². The lowest BCUT2D eigenvalue weighted by molar-refractivity contribution is -0.129. The van der Waals surface area contributed by atoms with Gasteiger partial charge < -0.3 is 11.1 Å². The Labute approximate surface area is 92.8 Å². The molecule has 1 aliphatic carbocycles. The predicted molar refractivity (Wildman–Crippen MR) is 62.4 cm³/mol. The molecule has 0 aromatic carbocycles. The largest absolute Gasteiger partial charge is 0.355 e. The Balaban J connectivity index is 2.27. The van der Waals surface area contributed by atoms with Crippen LogP contribution in [0.1, 0.15) is 46.0 Å². The van der Waals surface area contributed by atoms with Gasteiger partial charge in [-0.25, -0.2) is 0 Å². The topological polar surface area (TPSA) is 55.1 Å². The molecule has 15 heavy (non-hydrogen) atoms. The Morgan fingerprint density at radius 2 is 2.00 bits per heavy atom. The van der Waals surface area contributed by atoms with E-state index in [2.05, 4.69) is 5.32 Å². The van der Waals surface area contributed by atoms with E-state index in [1.165, 1.54) is 25.7 Å². The number of nitrogens with one attached hydrogen (secondary N) is 1. The van der Waals surface area contributed by atoms with E-state index in [4.69, 9.17) is 5.73 Å². The van der Waals surface area contributed by atoms with Crippen molar-refractivity contribution in [2.75, 3.05) is 13.1 Å². The highest BCUT2D eigenvalue weighted by atomic mass is 16.2. The lowest BCUT2D eigenvalue weighted by atomic mass is 9.88. The third-order valence-corrected chi connectivity index (χ3v) is 3.41. The van der Waals surface area contributed by atoms with Crippen molar-refractivity contribution in [3.05, 3.63) is 0 Å². The van der Waals surface area contributed by atoms with Crippen molar-refractivity contribution in [3.63, 3.8) is 0 Å². The predicted octanol–water partition coefficient (Wildman–Crippen LogP) is 1.67. The lowest BCUT2D eigenvalue weighted by Crippen LogP contribution is -2.40. The molecule has 1 rings (SSSR count). The van der Waals surface area contributed by atoms with E-state index in [1.807, 2.05) is 13.8 Å². The first-order valence-electron chi connectivity index (χ1n) is 6.04. The average molecular weight is 212 g/mol. The molecule has 0 saturated heterocycles. The van der Waals surface area contributed by atoms with Crippen LogP contribution in [0.2, 0.25) is 0 Å². The first kappa shape index (κ1) is 12.5. The molecule has 0 aromatic heterocycles. The molecule has 3 N–H and O–H groups in total. The number of carbonyl (C=O) groups excluding carboxylic acids is 1. The highest BCUT2D eigenvalue weighted by Gasteiger charge is 2.27. The Kier molecular flexibility index (Phi) is 4.58. The minimum atomic E-state index is -0.312. The second kappa shape index (κ2) is 5.50. The Morgan fingerprint density at radius 3 is 2.53 bits per heavy atom. The van der Waals surface area contributed by atoms with Gasteiger partial charge in [-0.3, -0.25) is 4.79 Å². The summed E-state index contributed by atoms with van der Waals surface area (Å²) in [6.07, 6.45) is 5.96. The summed E-state index contributed by atoms with van der Waals surface area (Å²) < 4.78 is 0. The molecule has 0 spiro atoms. The first-order valence-corrected chi connectivity index (χ1v) is 6.04. The van der Waals surface area contributed by atoms with Gasteiger partial charge in [0.1, 0.15) is 0 Å². The maximum Gasteiger partial charge on any atom is 0.225 e. The van der Waals surface area contributed by atoms with E-state index in [9.17, 15) is 4.79 Å². The van der Waals surface area contributed by atoms with Crippen molar-refractivity contribution in [1.82, 2.24) is 5.32 Å². The highest BCUT2D eigenvalue weighted by Crippen LogP contribution is 2.25.